The number of hydrogen-bond donors (Lipinski definition) is 0. The van der Waals surface area contributed by atoms with Crippen molar-refractivity contribution in [2.24, 2.45) is 0 Å². The molecular weight excluding hydrogens is 289 g/mol. The molecule has 2 rings (SSSR count). The lowest BCUT2D eigenvalue weighted by Crippen LogP contribution is -2.35. The first kappa shape index (κ1) is 15.6. The highest BCUT2D eigenvalue weighted by molar-refractivity contribution is 5.44. The summed E-state index contributed by atoms with van der Waals surface area (Å²) in [5.41, 5.74) is -1.69. The van der Waals surface area contributed by atoms with Crippen LogP contribution in [0.3, 0.4) is 0 Å². The quantitative estimate of drug-likeness (QED) is 0.636. The van der Waals surface area contributed by atoms with E-state index in [9.17, 15) is 23.3 Å². The number of hydrogen-bond acceptors (Lipinski definition) is 4. The van der Waals surface area contributed by atoms with E-state index in [-0.39, 0.29) is 11.9 Å². The zero-order chi connectivity index (χ0) is 15.6. The predicted octanol–water partition coefficient (Wildman–Crippen LogP) is 3.09. The van der Waals surface area contributed by atoms with Crippen molar-refractivity contribution in [1.82, 2.24) is 4.90 Å². The smallest absolute Gasteiger partial charge is 0.416 e. The first-order valence-electron chi connectivity index (χ1n) is 6.47. The first-order valence-corrected chi connectivity index (χ1v) is 6.47. The molecule has 0 bridgehead atoms. The fourth-order valence-corrected chi connectivity index (χ4v) is 2.22. The number of rotatable bonds is 3. The Morgan fingerprint density at radius 2 is 1.90 bits per heavy atom. The van der Waals surface area contributed by atoms with E-state index in [2.05, 4.69) is 4.90 Å². The van der Waals surface area contributed by atoms with Crippen molar-refractivity contribution in [2.45, 2.75) is 25.1 Å². The summed E-state index contributed by atoms with van der Waals surface area (Å²) in [5.74, 6) is -0.105. The molecule has 0 atom stereocenters. The van der Waals surface area contributed by atoms with Gasteiger partial charge in [-0.1, -0.05) is 0 Å². The summed E-state index contributed by atoms with van der Waals surface area (Å²) >= 11 is 0. The van der Waals surface area contributed by atoms with Gasteiger partial charge in [0.15, 0.2) is 0 Å². The van der Waals surface area contributed by atoms with Crippen LogP contribution in [0.25, 0.3) is 0 Å². The largest absolute Gasteiger partial charge is 0.490 e. The third kappa shape index (κ3) is 4.07. The molecule has 8 heteroatoms. The molecule has 0 radical (unpaired) electrons. The van der Waals surface area contributed by atoms with Gasteiger partial charge in [-0.2, -0.15) is 13.2 Å². The Hall–Kier alpha value is -1.83. The molecule has 116 valence electrons. The maximum atomic E-state index is 12.8. The van der Waals surface area contributed by atoms with Gasteiger partial charge in [0.2, 0.25) is 0 Å². The van der Waals surface area contributed by atoms with Crippen molar-refractivity contribution >= 4 is 5.69 Å². The van der Waals surface area contributed by atoms with E-state index in [0.29, 0.717) is 18.9 Å². The molecule has 21 heavy (non-hydrogen) atoms. The molecule has 0 N–H and O–H groups in total. The van der Waals surface area contributed by atoms with Crippen LogP contribution in [0.4, 0.5) is 18.9 Å². The molecule has 1 fully saturated rings. The van der Waals surface area contributed by atoms with Gasteiger partial charge in [0.1, 0.15) is 11.9 Å². The minimum atomic E-state index is -4.64. The van der Waals surface area contributed by atoms with Crippen molar-refractivity contribution in [3.05, 3.63) is 33.9 Å². The van der Waals surface area contributed by atoms with Crippen LogP contribution >= 0.6 is 0 Å². The first-order chi connectivity index (χ1) is 9.75. The Morgan fingerprint density at radius 1 is 1.29 bits per heavy atom. The summed E-state index contributed by atoms with van der Waals surface area (Å²) in [4.78, 5) is 12.0. The summed E-state index contributed by atoms with van der Waals surface area (Å²) in [6, 6.07) is 2.36. The van der Waals surface area contributed by atoms with Crippen molar-refractivity contribution < 1.29 is 22.8 Å². The lowest BCUT2D eigenvalue weighted by Gasteiger charge is -2.29. The predicted molar refractivity (Wildman–Crippen MR) is 69.2 cm³/mol. The summed E-state index contributed by atoms with van der Waals surface area (Å²) in [6.07, 6.45) is -3.50. The van der Waals surface area contributed by atoms with Gasteiger partial charge < -0.3 is 9.64 Å². The highest BCUT2D eigenvalue weighted by Crippen LogP contribution is 2.35. The number of alkyl halides is 3. The summed E-state index contributed by atoms with van der Waals surface area (Å²) < 4.78 is 43.8. The Labute approximate surface area is 119 Å². The number of non-ortho nitro benzene ring substituents is 1. The molecule has 0 spiro atoms. The number of piperidine rings is 1. The lowest BCUT2D eigenvalue weighted by atomic mass is 10.1. The Kier molecular flexibility index (Phi) is 4.36. The molecule has 1 aromatic rings. The van der Waals surface area contributed by atoms with Crippen molar-refractivity contribution in [2.75, 3.05) is 20.1 Å². The number of likely N-dealkylation sites (tertiary alicyclic amines) is 1. The maximum absolute atomic E-state index is 12.8. The van der Waals surface area contributed by atoms with Gasteiger partial charge in [0.05, 0.1) is 16.6 Å². The molecule has 0 aromatic heterocycles. The van der Waals surface area contributed by atoms with Crippen LogP contribution in [-0.2, 0) is 6.18 Å². The normalized spacial score (nSPS) is 17.7. The van der Waals surface area contributed by atoms with E-state index in [0.717, 1.165) is 25.2 Å². The van der Waals surface area contributed by atoms with Crippen LogP contribution in [0.5, 0.6) is 5.75 Å². The van der Waals surface area contributed by atoms with Crippen LogP contribution in [0.2, 0.25) is 0 Å². The number of nitro benzene ring substituents is 1. The molecule has 0 saturated carbocycles. The summed E-state index contributed by atoms with van der Waals surface area (Å²) in [5, 5.41) is 10.7. The molecule has 0 amide bonds. The molecule has 1 aliphatic rings. The molecule has 1 aromatic carbocycles. The van der Waals surface area contributed by atoms with E-state index in [4.69, 9.17) is 4.74 Å². The minimum Gasteiger partial charge on any atom is -0.490 e. The van der Waals surface area contributed by atoms with Crippen LogP contribution in [0.1, 0.15) is 18.4 Å². The minimum absolute atomic E-state index is 0.105. The second-order valence-corrected chi connectivity index (χ2v) is 5.09. The summed E-state index contributed by atoms with van der Waals surface area (Å²) in [6.45, 7) is 1.57. The van der Waals surface area contributed by atoms with Gasteiger partial charge in [0, 0.05) is 19.2 Å². The molecule has 0 aliphatic carbocycles. The number of halogens is 3. The van der Waals surface area contributed by atoms with E-state index >= 15 is 0 Å². The Bertz CT molecular complexity index is 526. The second-order valence-electron chi connectivity index (χ2n) is 5.09. The van der Waals surface area contributed by atoms with E-state index in [1.165, 1.54) is 0 Å². The molecule has 5 nitrogen and oxygen atoms in total. The van der Waals surface area contributed by atoms with Gasteiger partial charge in [0.25, 0.3) is 5.69 Å². The standard InChI is InChI=1S/C13H15F3N2O3/c1-17-4-2-11(3-5-17)21-12-7-9(13(14,15)16)6-10(8-12)18(19)20/h6-8,11H,2-5H2,1H3. The molecule has 1 aliphatic heterocycles. The fraction of sp³-hybridized carbons (Fsp3) is 0.538. The average molecular weight is 304 g/mol. The molecule has 1 saturated heterocycles. The van der Waals surface area contributed by atoms with Gasteiger partial charge in [-0.05, 0) is 26.0 Å². The zero-order valence-electron chi connectivity index (χ0n) is 11.4. The van der Waals surface area contributed by atoms with Gasteiger partial charge in [-0.3, -0.25) is 10.1 Å². The Morgan fingerprint density at radius 3 is 2.43 bits per heavy atom. The lowest BCUT2D eigenvalue weighted by molar-refractivity contribution is -0.385. The van der Waals surface area contributed by atoms with E-state index in [1.807, 2.05) is 7.05 Å². The van der Waals surface area contributed by atoms with E-state index < -0.39 is 22.4 Å². The SMILES string of the molecule is CN1CCC(Oc2cc([N+](=O)[O-])cc(C(F)(F)F)c2)CC1. The topological polar surface area (TPSA) is 55.6 Å². The zero-order valence-corrected chi connectivity index (χ0v) is 11.4. The highest BCUT2D eigenvalue weighted by atomic mass is 19.4. The van der Waals surface area contributed by atoms with Crippen LogP contribution in [0.15, 0.2) is 18.2 Å². The second kappa shape index (κ2) is 5.88. The fourth-order valence-electron chi connectivity index (χ4n) is 2.22. The monoisotopic (exact) mass is 304 g/mol. The number of benzene rings is 1. The molecular formula is C13H15F3N2O3. The highest BCUT2D eigenvalue weighted by Gasteiger charge is 2.33. The number of nitro groups is 1. The number of nitrogens with zero attached hydrogens (tertiary/aromatic N) is 2. The Balaban J connectivity index is 2.22. The third-order valence-corrected chi connectivity index (χ3v) is 3.40. The van der Waals surface area contributed by atoms with Crippen molar-refractivity contribution in [1.29, 1.82) is 0 Å². The van der Waals surface area contributed by atoms with Gasteiger partial charge >= 0.3 is 6.18 Å². The van der Waals surface area contributed by atoms with E-state index in [1.54, 1.807) is 0 Å². The van der Waals surface area contributed by atoms with Crippen molar-refractivity contribution in [3.8, 4) is 5.75 Å². The molecule has 0 unspecified atom stereocenters. The van der Waals surface area contributed by atoms with Crippen LogP contribution in [0, 0.1) is 10.1 Å². The molecule has 1 heterocycles. The average Bonchev–Trinajstić information content (AvgIpc) is 2.40. The maximum Gasteiger partial charge on any atom is 0.416 e. The third-order valence-electron chi connectivity index (χ3n) is 3.40. The summed E-state index contributed by atoms with van der Waals surface area (Å²) in [7, 11) is 1.95. The van der Waals surface area contributed by atoms with Crippen molar-refractivity contribution in [3.63, 3.8) is 0 Å². The number of ether oxygens (including phenoxy) is 1. The van der Waals surface area contributed by atoms with Crippen LogP contribution < -0.4 is 4.74 Å². The van der Waals surface area contributed by atoms with Crippen LogP contribution in [-0.4, -0.2) is 36.1 Å². The van der Waals surface area contributed by atoms with Gasteiger partial charge in [-0.25, -0.2) is 0 Å². The van der Waals surface area contributed by atoms with Gasteiger partial charge in [-0.15, -0.1) is 0 Å².